The normalized spacial score (nSPS) is 20.3. The predicted molar refractivity (Wildman–Crippen MR) is 82.7 cm³/mol. The van der Waals surface area contributed by atoms with Gasteiger partial charge < -0.3 is 5.32 Å². The number of rotatable bonds is 3. The number of anilines is 1. The van der Waals surface area contributed by atoms with Crippen LogP contribution in [0.1, 0.15) is 12.8 Å². The van der Waals surface area contributed by atoms with Gasteiger partial charge in [0.25, 0.3) is 0 Å². The number of halogens is 3. The van der Waals surface area contributed by atoms with Crippen molar-refractivity contribution in [3.8, 4) is 0 Å². The molecule has 0 amide bonds. The van der Waals surface area contributed by atoms with Crippen LogP contribution in [0.2, 0.25) is 10.0 Å². The lowest BCUT2D eigenvalue weighted by atomic mass is 10.1. The Morgan fingerprint density at radius 1 is 1.35 bits per heavy atom. The molecule has 1 aliphatic heterocycles. The first-order valence-electron chi connectivity index (χ1n) is 5.63. The molecule has 1 fully saturated rings. The summed E-state index contributed by atoms with van der Waals surface area (Å²) in [6, 6.07) is 3.73. The molecule has 0 bridgehead atoms. The molecule has 1 unspecified atom stereocenters. The van der Waals surface area contributed by atoms with Crippen molar-refractivity contribution in [1.29, 1.82) is 0 Å². The zero-order chi connectivity index (χ0) is 12.3. The van der Waals surface area contributed by atoms with Gasteiger partial charge in [0.15, 0.2) is 0 Å². The second kappa shape index (κ2) is 6.55. The summed E-state index contributed by atoms with van der Waals surface area (Å²) in [7, 11) is 0. The van der Waals surface area contributed by atoms with E-state index in [1.807, 2.05) is 23.9 Å². The Kier molecular flexibility index (Phi) is 5.34. The summed E-state index contributed by atoms with van der Waals surface area (Å²) in [6.07, 6.45) is 2.62. The number of nitrogens with one attached hydrogen (secondary N) is 1. The Labute approximate surface area is 125 Å². The highest BCUT2D eigenvalue weighted by Crippen LogP contribution is 2.34. The standard InChI is InChI=1S/C12H14BrCl2NS/c13-9-4-10(14)12(11(15)5-9)16-6-8-2-1-3-17-7-8/h4-5,8,16H,1-3,6-7H2. The van der Waals surface area contributed by atoms with Crippen molar-refractivity contribution in [3.63, 3.8) is 0 Å². The van der Waals surface area contributed by atoms with Crippen molar-refractivity contribution in [3.05, 3.63) is 26.7 Å². The van der Waals surface area contributed by atoms with Gasteiger partial charge in [0, 0.05) is 11.0 Å². The van der Waals surface area contributed by atoms with E-state index in [0.717, 1.165) is 22.6 Å². The van der Waals surface area contributed by atoms with E-state index in [-0.39, 0.29) is 0 Å². The zero-order valence-electron chi connectivity index (χ0n) is 9.31. The topological polar surface area (TPSA) is 12.0 Å². The molecule has 1 N–H and O–H groups in total. The molecule has 0 spiro atoms. The van der Waals surface area contributed by atoms with E-state index in [1.165, 1.54) is 24.3 Å². The Bertz CT molecular complexity index is 371. The van der Waals surface area contributed by atoms with E-state index < -0.39 is 0 Å². The molecule has 1 nitrogen and oxygen atoms in total. The third-order valence-electron chi connectivity index (χ3n) is 2.83. The van der Waals surface area contributed by atoms with Gasteiger partial charge in [-0.25, -0.2) is 0 Å². The van der Waals surface area contributed by atoms with Crippen molar-refractivity contribution in [2.45, 2.75) is 12.8 Å². The summed E-state index contributed by atoms with van der Waals surface area (Å²) in [5, 5.41) is 4.73. The zero-order valence-corrected chi connectivity index (χ0v) is 13.2. The van der Waals surface area contributed by atoms with Crippen LogP contribution in [-0.2, 0) is 0 Å². The second-order valence-electron chi connectivity index (χ2n) is 4.21. The van der Waals surface area contributed by atoms with Crippen molar-refractivity contribution in [2.75, 3.05) is 23.4 Å². The van der Waals surface area contributed by atoms with Gasteiger partial charge in [-0.3, -0.25) is 0 Å². The Morgan fingerprint density at radius 3 is 2.65 bits per heavy atom. The minimum atomic E-state index is 0.674. The molecule has 0 aromatic heterocycles. The average Bonchev–Trinajstić information content (AvgIpc) is 2.29. The Morgan fingerprint density at radius 2 is 2.06 bits per heavy atom. The minimum Gasteiger partial charge on any atom is -0.382 e. The quantitative estimate of drug-likeness (QED) is 0.789. The lowest BCUT2D eigenvalue weighted by Crippen LogP contribution is -2.20. The van der Waals surface area contributed by atoms with Crippen LogP contribution in [0.25, 0.3) is 0 Å². The molecule has 1 saturated heterocycles. The molecule has 1 aromatic carbocycles. The van der Waals surface area contributed by atoms with Crippen LogP contribution in [0, 0.1) is 5.92 Å². The minimum absolute atomic E-state index is 0.674. The van der Waals surface area contributed by atoms with Gasteiger partial charge in [0.1, 0.15) is 0 Å². The molecule has 2 rings (SSSR count). The van der Waals surface area contributed by atoms with Crippen molar-refractivity contribution in [2.24, 2.45) is 5.92 Å². The van der Waals surface area contributed by atoms with E-state index >= 15 is 0 Å². The number of hydrogen-bond donors (Lipinski definition) is 1. The van der Waals surface area contributed by atoms with Crippen LogP contribution < -0.4 is 5.32 Å². The lowest BCUT2D eigenvalue weighted by molar-refractivity contribution is 0.549. The molecule has 17 heavy (non-hydrogen) atoms. The second-order valence-corrected chi connectivity index (χ2v) is 7.09. The van der Waals surface area contributed by atoms with Crippen LogP contribution >= 0.6 is 50.9 Å². The number of hydrogen-bond acceptors (Lipinski definition) is 2. The molecule has 0 aliphatic carbocycles. The number of thioether (sulfide) groups is 1. The average molecular weight is 355 g/mol. The fourth-order valence-electron chi connectivity index (χ4n) is 1.93. The maximum Gasteiger partial charge on any atom is 0.0719 e. The first-order valence-corrected chi connectivity index (χ1v) is 8.33. The molecule has 1 aliphatic rings. The summed E-state index contributed by atoms with van der Waals surface area (Å²) in [5.74, 6) is 3.26. The van der Waals surface area contributed by atoms with Crippen molar-refractivity contribution < 1.29 is 0 Å². The van der Waals surface area contributed by atoms with Crippen molar-refractivity contribution >= 4 is 56.6 Å². The van der Waals surface area contributed by atoms with E-state index in [0.29, 0.717) is 10.0 Å². The summed E-state index contributed by atoms with van der Waals surface area (Å²) in [5.41, 5.74) is 0.854. The maximum absolute atomic E-state index is 6.17. The summed E-state index contributed by atoms with van der Waals surface area (Å²) >= 11 is 17.8. The fraction of sp³-hybridized carbons (Fsp3) is 0.500. The Balaban J connectivity index is 1.98. The smallest absolute Gasteiger partial charge is 0.0719 e. The van der Waals surface area contributed by atoms with Crippen LogP contribution in [-0.4, -0.2) is 18.1 Å². The molecule has 1 heterocycles. The third kappa shape index (κ3) is 3.95. The Hall–Kier alpha value is 0.430. The molecule has 0 saturated carbocycles. The third-order valence-corrected chi connectivity index (χ3v) is 5.17. The number of benzene rings is 1. The highest BCUT2D eigenvalue weighted by atomic mass is 79.9. The van der Waals surface area contributed by atoms with Gasteiger partial charge in [0.2, 0.25) is 0 Å². The molecular weight excluding hydrogens is 341 g/mol. The molecule has 0 radical (unpaired) electrons. The van der Waals surface area contributed by atoms with Crippen LogP contribution in [0.3, 0.4) is 0 Å². The highest BCUT2D eigenvalue weighted by molar-refractivity contribution is 9.10. The molecule has 1 aromatic rings. The highest BCUT2D eigenvalue weighted by Gasteiger charge is 2.15. The monoisotopic (exact) mass is 353 g/mol. The maximum atomic E-state index is 6.17. The molecule has 1 atom stereocenters. The van der Waals surface area contributed by atoms with Gasteiger partial charge in [0.05, 0.1) is 15.7 Å². The first-order chi connectivity index (χ1) is 8.16. The first kappa shape index (κ1) is 13.9. The summed E-state index contributed by atoms with van der Waals surface area (Å²) in [4.78, 5) is 0. The largest absolute Gasteiger partial charge is 0.382 e. The van der Waals surface area contributed by atoms with Crippen LogP contribution in [0.15, 0.2) is 16.6 Å². The van der Waals surface area contributed by atoms with Gasteiger partial charge in [-0.1, -0.05) is 39.1 Å². The van der Waals surface area contributed by atoms with Gasteiger partial charge >= 0.3 is 0 Å². The summed E-state index contributed by atoms with van der Waals surface area (Å²) < 4.78 is 0.909. The van der Waals surface area contributed by atoms with Gasteiger partial charge in [-0.2, -0.15) is 11.8 Å². The van der Waals surface area contributed by atoms with Gasteiger partial charge in [-0.05, 0) is 42.4 Å². The summed E-state index contributed by atoms with van der Waals surface area (Å²) in [6.45, 7) is 0.952. The SMILES string of the molecule is Clc1cc(Br)cc(Cl)c1NCC1CCCSC1. The fourth-order valence-corrected chi connectivity index (χ4v) is 4.42. The van der Waals surface area contributed by atoms with Crippen LogP contribution in [0.4, 0.5) is 5.69 Å². The molecular formula is C12H14BrCl2NS. The van der Waals surface area contributed by atoms with Crippen LogP contribution in [0.5, 0.6) is 0 Å². The van der Waals surface area contributed by atoms with Crippen molar-refractivity contribution in [1.82, 2.24) is 0 Å². The van der Waals surface area contributed by atoms with E-state index in [1.54, 1.807) is 0 Å². The predicted octanol–water partition coefficient (Wildman–Crippen LogP) is 5.31. The molecule has 5 heteroatoms. The van der Waals surface area contributed by atoms with E-state index in [4.69, 9.17) is 23.2 Å². The molecule has 94 valence electrons. The lowest BCUT2D eigenvalue weighted by Gasteiger charge is -2.22. The van der Waals surface area contributed by atoms with E-state index in [2.05, 4.69) is 21.2 Å². The van der Waals surface area contributed by atoms with Gasteiger partial charge in [-0.15, -0.1) is 0 Å². The van der Waals surface area contributed by atoms with E-state index in [9.17, 15) is 0 Å².